The van der Waals surface area contributed by atoms with Crippen molar-refractivity contribution in [3.8, 4) is 5.69 Å². The smallest absolute Gasteiger partial charge is 0.255 e. The molecule has 2 unspecified atom stereocenters. The van der Waals surface area contributed by atoms with Crippen LogP contribution in [-0.4, -0.2) is 53.5 Å². The van der Waals surface area contributed by atoms with Crippen molar-refractivity contribution >= 4 is 40.7 Å². The average Bonchev–Trinajstić information content (AvgIpc) is 3.69. The summed E-state index contributed by atoms with van der Waals surface area (Å²) in [6.45, 7) is 1.21. The van der Waals surface area contributed by atoms with Crippen LogP contribution in [0.15, 0.2) is 71.7 Å². The molecule has 1 aliphatic heterocycles. The quantitative estimate of drug-likeness (QED) is 0.469. The minimum atomic E-state index is -1.69. The predicted molar refractivity (Wildman–Crippen MR) is 139 cm³/mol. The normalized spacial score (nSPS) is 20.5. The molecule has 2 atom stereocenters. The molecule has 0 radical (unpaired) electrons. The number of carbonyl (C=O) groups excluding carboxylic acids is 3. The number of rotatable bonds is 6. The molecule has 9 nitrogen and oxygen atoms in total. The summed E-state index contributed by atoms with van der Waals surface area (Å²) in [7, 11) is 0. The SMILES string of the molecule is O=C(Nc1ccc(Cl)cc1)C1CC1(C(=O)Nc1ccc(-n2ccccc2=O)cc1F)C(=O)N1CCOCC1. The zero-order chi connectivity index (χ0) is 26.9. The van der Waals surface area contributed by atoms with E-state index < -0.39 is 34.9 Å². The molecule has 1 saturated heterocycles. The van der Waals surface area contributed by atoms with Gasteiger partial charge in [0.1, 0.15) is 11.2 Å². The van der Waals surface area contributed by atoms with Crippen LogP contribution in [0.2, 0.25) is 5.02 Å². The first-order valence-corrected chi connectivity index (χ1v) is 12.4. The van der Waals surface area contributed by atoms with E-state index in [2.05, 4.69) is 10.6 Å². The molecule has 3 aromatic rings. The number of aromatic nitrogens is 1. The van der Waals surface area contributed by atoms with Crippen molar-refractivity contribution < 1.29 is 23.5 Å². The number of anilines is 2. The second-order valence-electron chi connectivity index (χ2n) is 9.16. The van der Waals surface area contributed by atoms with Crippen LogP contribution < -0.4 is 16.2 Å². The van der Waals surface area contributed by atoms with Gasteiger partial charge in [-0.15, -0.1) is 0 Å². The lowest BCUT2D eigenvalue weighted by Gasteiger charge is -2.30. The van der Waals surface area contributed by atoms with Crippen molar-refractivity contribution in [1.29, 1.82) is 0 Å². The van der Waals surface area contributed by atoms with Crippen LogP contribution in [0.25, 0.3) is 5.69 Å². The lowest BCUT2D eigenvalue weighted by Crippen LogP contribution is -2.49. The lowest BCUT2D eigenvalue weighted by molar-refractivity contribution is -0.147. The minimum absolute atomic E-state index is 0.0203. The second-order valence-corrected chi connectivity index (χ2v) is 9.59. The number of amides is 3. The van der Waals surface area contributed by atoms with E-state index in [0.29, 0.717) is 23.9 Å². The van der Waals surface area contributed by atoms with Gasteiger partial charge in [0.2, 0.25) is 17.7 Å². The number of nitrogens with zero attached hydrogens (tertiary/aromatic N) is 2. The molecule has 2 N–H and O–H groups in total. The summed E-state index contributed by atoms with van der Waals surface area (Å²) in [6, 6.07) is 14.9. The van der Waals surface area contributed by atoms with Crippen LogP contribution in [0.3, 0.4) is 0 Å². The fourth-order valence-electron chi connectivity index (χ4n) is 4.60. The van der Waals surface area contributed by atoms with Gasteiger partial charge in [-0.3, -0.25) is 23.7 Å². The predicted octanol–water partition coefficient (Wildman–Crippen LogP) is 3.07. The Kier molecular flexibility index (Phi) is 7.00. The van der Waals surface area contributed by atoms with Gasteiger partial charge in [0.25, 0.3) is 5.56 Å². The number of carbonyl (C=O) groups is 3. The van der Waals surface area contributed by atoms with Gasteiger partial charge in [-0.1, -0.05) is 17.7 Å². The van der Waals surface area contributed by atoms with Gasteiger partial charge in [0.15, 0.2) is 0 Å². The molecule has 1 aromatic heterocycles. The van der Waals surface area contributed by atoms with E-state index in [-0.39, 0.29) is 36.4 Å². The molecular weight excluding hydrogens is 515 g/mol. The number of benzene rings is 2. The first kappa shape index (κ1) is 25.6. The Hall–Kier alpha value is -4.02. The highest BCUT2D eigenvalue weighted by atomic mass is 35.5. The highest BCUT2D eigenvalue weighted by Gasteiger charge is 2.69. The molecule has 2 aliphatic rings. The highest BCUT2D eigenvalue weighted by Crippen LogP contribution is 2.55. The molecule has 11 heteroatoms. The van der Waals surface area contributed by atoms with Crippen molar-refractivity contribution in [3.05, 3.63) is 88.1 Å². The maximum Gasteiger partial charge on any atom is 0.255 e. The molecule has 2 heterocycles. The highest BCUT2D eigenvalue weighted by molar-refractivity contribution is 6.30. The Morgan fingerprint density at radius 3 is 2.42 bits per heavy atom. The molecular formula is C27H24ClFN4O5. The molecule has 2 aromatic carbocycles. The Morgan fingerprint density at radius 1 is 1.00 bits per heavy atom. The number of halogens is 2. The fourth-order valence-corrected chi connectivity index (χ4v) is 4.73. The molecule has 0 spiro atoms. The van der Waals surface area contributed by atoms with Crippen molar-refractivity contribution in [2.45, 2.75) is 6.42 Å². The van der Waals surface area contributed by atoms with Crippen LogP contribution in [0.4, 0.5) is 15.8 Å². The van der Waals surface area contributed by atoms with Gasteiger partial charge in [-0.05, 0) is 48.9 Å². The van der Waals surface area contributed by atoms with E-state index in [1.807, 2.05) is 0 Å². The number of hydrogen-bond donors (Lipinski definition) is 2. The topological polar surface area (TPSA) is 110 Å². The van der Waals surface area contributed by atoms with Gasteiger partial charge >= 0.3 is 0 Å². The maximum atomic E-state index is 15.0. The monoisotopic (exact) mass is 538 g/mol. The molecule has 3 amide bonds. The Labute approximate surface area is 222 Å². The minimum Gasteiger partial charge on any atom is -0.378 e. The van der Waals surface area contributed by atoms with E-state index in [1.165, 1.54) is 33.9 Å². The average molecular weight is 539 g/mol. The fraction of sp³-hybridized carbons (Fsp3) is 0.259. The summed E-state index contributed by atoms with van der Waals surface area (Å²) in [4.78, 5) is 53.8. The molecule has 2 fully saturated rings. The largest absolute Gasteiger partial charge is 0.378 e. The molecule has 196 valence electrons. The van der Waals surface area contributed by atoms with Gasteiger partial charge < -0.3 is 20.3 Å². The summed E-state index contributed by atoms with van der Waals surface area (Å²) in [5.74, 6) is -3.50. The number of morpholine rings is 1. The van der Waals surface area contributed by atoms with Crippen LogP contribution in [0, 0.1) is 17.2 Å². The van der Waals surface area contributed by atoms with Crippen molar-refractivity contribution in [2.75, 3.05) is 36.9 Å². The zero-order valence-corrected chi connectivity index (χ0v) is 20.9. The molecule has 38 heavy (non-hydrogen) atoms. The van der Waals surface area contributed by atoms with E-state index in [0.717, 1.165) is 6.07 Å². The second kappa shape index (κ2) is 10.4. The number of pyridine rings is 1. The maximum absolute atomic E-state index is 15.0. The Balaban J connectivity index is 1.39. The first-order valence-electron chi connectivity index (χ1n) is 12.0. The standard InChI is InChI=1S/C27H24ClFN4O5/c28-17-4-6-18(7-5-17)30-24(35)20-16-27(20,26(37)32-11-13-38-14-12-32)25(36)31-22-9-8-19(15-21(22)29)33-10-2-1-3-23(33)34/h1-10,15,20H,11-14,16H2,(H,30,35)(H,31,36). The van der Waals surface area contributed by atoms with E-state index >= 15 is 4.39 Å². The van der Waals surface area contributed by atoms with Crippen LogP contribution in [-0.2, 0) is 19.1 Å². The van der Waals surface area contributed by atoms with Crippen LogP contribution in [0.5, 0.6) is 0 Å². The van der Waals surface area contributed by atoms with Crippen molar-refractivity contribution in [2.24, 2.45) is 11.3 Å². The van der Waals surface area contributed by atoms with Crippen LogP contribution in [0.1, 0.15) is 6.42 Å². The molecule has 1 saturated carbocycles. The number of nitrogens with one attached hydrogen (secondary N) is 2. The van der Waals surface area contributed by atoms with Gasteiger partial charge in [-0.2, -0.15) is 0 Å². The molecule has 5 rings (SSSR count). The van der Waals surface area contributed by atoms with Gasteiger partial charge in [0.05, 0.1) is 30.5 Å². The van der Waals surface area contributed by atoms with Gasteiger partial charge in [0, 0.05) is 42.1 Å². The summed E-state index contributed by atoms with van der Waals surface area (Å²) in [5, 5.41) is 5.73. The third-order valence-corrected chi connectivity index (χ3v) is 7.03. The number of ether oxygens (including phenoxy) is 1. The Bertz CT molecular complexity index is 1450. The molecule has 1 aliphatic carbocycles. The summed E-state index contributed by atoms with van der Waals surface area (Å²) in [5.41, 5.74) is -1.45. The molecule has 0 bridgehead atoms. The zero-order valence-electron chi connectivity index (χ0n) is 20.2. The van der Waals surface area contributed by atoms with Crippen LogP contribution >= 0.6 is 11.6 Å². The lowest BCUT2D eigenvalue weighted by atomic mass is 9.98. The third kappa shape index (κ3) is 4.92. The van der Waals surface area contributed by atoms with E-state index in [9.17, 15) is 19.2 Å². The Morgan fingerprint density at radius 2 is 1.74 bits per heavy atom. The van der Waals surface area contributed by atoms with E-state index in [4.69, 9.17) is 16.3 Å². The summed E-state index contributed by atoms with van der Waals surface area (Å²) >= 11 is 5.91. The summed E-state index contributed by atoms with van der Waals surface area (Å²) in [6.07, 6.45) is 1.48. The van der Waals surface area contributed by atoms with Crippen molar-refractivity contribution in [1.82, 2.24) is 9.47 Å². The summed E-state index contributed by atoms with van der Waals surface area (Å²) < 4.78 is 21.6. The number of hydrogen-bond acceptors (Lipinski definition) is 5. The third-order valence-electron chi connectivity index (χ3n) is 6.78. The van der Waals surface area contributed by atoms with E-state index in [1.54, 1.807) is 36.4 Å². The first-order chi connectivity index (χ1) is 18.3. The van der Waals surface area contributed by atoms with Gasteiger partial charge in [-0.25, -0.2) is 4.39 Å². The van der Waals surface area contributed by atoms with Crippen molar-refractivity contribution in [3.63, 3.8) is 0 Å².